The lowest BCUT2D eigenvalue weighted by Crippen LogP contribution is -2.10. The normalized spacial score (nSPS) is 11.8. The zero-order chi connectivity index (χ0) is 10.9. The van der Waals surface area contributed by atoms with Gasteiger partial charge in [0.25, 0.3) is 0 Å². The van der Waals surface area contributed by atoms with E-state index >= 15 is 0 Å². The van der Waals surface area contributed by atoms with Crippen LogP contribution in [0.2, 0.25) is 5.02 Å². The molecule has 0 saturated heterocycles. The van der Waals surface area contributed by atoms with Crippen LogP contribution in [0.1, 0.15) is 11.1 Å². The second-order valence-corrected chi connectivity index (χ2v) is 3.57. The SMILES string of the molecule is Nc1ccc(CBr)c(C(F)(F)F)c1Cl. The molecule has 1 aromatic carbocycles. The first-order valence-electron chi connectivity index (χ1n) is 3.58. The van der Waals surface area contributed by atoms with Crippen LogP contribution in [0.25, 0.3) is 0 Å². The first-order chi connectivity index (χ1) is 6.38. The highest BCUT2D eigenvalue weighted by Crippen LogP contribution is 2.40. The zero-order valence-electron chi connectivity index (χ0n) is 6.83. The summed E-state index contributed by atoms with van der Waals surface area (Å²) in [5, 5.41) is -0.351. The Bertz CT molecular complexity index is 351. The Morgan fingerprint density at radius 2 is 1.93 bits per heavy atom. The largest absolute Gasteiger partial charge is 0.418 e. The molecular formula is C8H6BrClF3N. The van der Waals surface area contributed by atoms with Gasteiger partial charge in [-0.15, -0.1) is 0 Å². The average molecular weight is 288 g/mol. The highest BCUT2D eigenvalue weighted by Gasteiger charge is 2.36. The molecule has 78 valence electrons. The fourth-order valence-electron chi connectivity index (χ4n) is 1.05. The van der Waals surface area contributed by atoms with Gasteiger partial charge < -0.3 is 5.73 Å². The standard InChI is InChI=1S/C8H6BrClF3N/c9-3-4-1-2-5(14)7(10)6(4)8(11,12)13/h1-2H,3,14H2. The van der Waals surface area contributed by atoms with Gasteiger partial charge >= 0.3 is 6.18 Å². The smallest absolute Gasteiger partial charge is 0.398 e. The molecule has 0 radical (unpaired) electrons. The van der Waals surface area contributed by atoms with Gasteiger partial charge in [0.05, 0.1) is 16.3 Å². The minimum Gasteiger partial charge on any atom is -0.398 e. The van der Waals surface area contributed by atoms with Crippen LogP contribution in [-0.4, -0.2) is 0 Å². The quantitative estimate of drug-likeness (QED) is 0.617. The Kier molecular flexibility index (Phi) is 3.32. The summed E-state index contributed by atoms with van der Waals surface area (Å²) in [5.41, 5.74) is 4.44. The number of anilines is 1. The van der Waals surface area contributed by atoms with Gasteiger partial charge in [-0.05, 0) is 11.6 Å². The lowest BCUT2D eigenvalue weighted by Gasteiger charge is -2.14. The fraction of sp³-hybridized carbons (Fsp3) is 0.250. The average Bonchev–Trinajstić information content (AvgIpc) is 2.07. The fourth-order valence-corrected chi connectivity index (χ4v) is 1.81. The van der Waals surface area contributed by atoms with Crippen LogP contribution >= 0.6 is 27.5 Å². The maximum atomic E-state index is 12.5. The van der Waals surface area contributed by atoms with Crippen molar-refractivity contribution >= 4 is 33.2 Å². The molecule has 0 unspecified atom stereocenters. The molecule has 0 fully saturated rings. The van der Waals surface area contributed by atoms with E-state index in [0.717, 1.165) is 0 Å². The molecule has 0 aliphatic carbocycles. The van der Waals surface area contributed by atoms with Crippen molar-refractivity contribution in [3.8, 4) is 0 Å². The molecular weight excluding hydrogens is 282 g/mol. The summed E-state index contributed by atoms with van der Waals surface area (Å²) in [6, 6.07) is 2.66. The first-order valence-corrected chi connectivity index (χ1v) is 5.08. The number of halogens is 5. The molecule has 6 heteroatoms. The molecule has 1 rings (SSSR count). The zero-order valence-corrected chi connectivity index (χ0v) is 9.17. The molecule has 0 aliphatic heterocycles. The third-order valence-corrected chi connectivity index (χ3v) is 2.70. The lowest BCUT2D eigenvalue weighted by molar-refractivity contribution is -0.137. The molecule has 0 bridgehead atoms. The van der Waals surface area contributed by atoms with Gasteiger partial charge in [0.1, 0.15) is 0 Å². The van der Waals surface area contributed by atoms with Crippen molar-refractivity contribution in [2.45, 2.75) is 11.5 Å². The first kappa shape index (κ1) is 11.7. The number of nitrogens with two attached hydrogens (primary N) is 1. The topological polar surface area (TPSA) is 26.0 Å². The Morgan fingerprint density at radius 3 is 2.36 bits per heavy atom. The molecule has 0 aromatic heterocycles. The minimum absolute atomic E-state index is 0.0660. The molecule has 1 nitrogen and oxygen atoms in total. The van der Waals surface area contributed by atoms with Crippen LogP contribution < -0.4 is 5.73 Å². The van der Waals surface area contributed by atoms with Crippen LogP contribution in [-0.2, 0) is 11.5 Å². The van der Waals surface area contributed by atoms with Gasteiger partial charge in [0.15, 0.2) is 0 Å². The van der Waals surface area contributed by atoms with E-state index in [9.17, 15) is 13.2 Å². The number of hydrogen-bond acceptors (Lipinski definition) is 1. The van der Waals surface area contributed by atoms with Crippen LogP contribution in [0.4, 0.5) is 18.9 Å². The molecule has 0 spiro atoms. The molecule has 14 heavy (non-hydrogen) atoms. The third kappa shape index (κ3) is 2.15. The van der Waals surface area contributed by atoms with Gasteiger partial charge in [-0.25, -0.2) is 0 Å². The number of hydrogen-bond donors (Lipinski definition) is 1. The Morgan fingerprint density at radius 1 is 1.36 bits per heavy atom. The third-order valence-electron chi connectivity index (χ3n) is 1.69. The van der Waals surface area contributed by atoms with Gasteiger partial charge in [-0.3, -0.25) is 0 Å². The Labute approximate surface area is 92.2 Å². The van der Waals surface area contributed by atoms with Crippen LogP contribution in [0, 0.1) is 0 Å². The van der Waals surface area contributed by atoms with E-state index < -0.39 is 16.8 Å². The molecule has 0 amide bonds. The molecule has 1 aromatic rings. The molecule has 2 N–H and O–H groups in total. The van der Waals surface area contributed by atoms with E-state index in [1.54, 1.807) is 0 Å². The molecule has 0 aliphatic rings. The lowest BCUT2D eigenvalue weighted by atomic mass is 10.1. The maximum Gasteiger partial charge on any atom is 0.418 e. The Hall–Kier alpha value is -0.420. The summed E-state index contributed by atoms with van der Waals surface area (Å²) >= 11 is 8.46. The maximum absolute atomic E-state index is 12.5. The summed E-state index contributed by atoms with van der Waals surface area (Å²) in [7, 11) is 0. The number of alkyl halides is 4. The Balaban J connectivity index is 3.44. The minimum atomic E-state index is -4.48. The van der Waals surface area contributed by atoms with Crippen molar-refractivity contribution in [2.24, 2.45) is 0 Å². The summed E-state index contributed by atoms with van der Waals surface area (Å²) < 4.78 is 37.5. The van der Waals surface area contributed by atoms with E-state index in [0.29, 0.717) is 0 Å². The van der Waals surface area contributed by atoms with Crippen LogP contribution in [0.15, 0.2) is 12.1 Å². The predicted octanol–water partition coefficient (Wildman–Crippen LogP) is 3.84. The van der Waals surface area contributed by atoms with Crippen LogP contribution in [0.5, 0.6) is 0 Å². The number of benzene rings is 1. The molecule has 0 heterocycles. The summed E-state index contributed by atoms with van der Waals surface area (Å²) in [6.45, 7) is 0. The van der Waals surface area contributed by atoms with E-state index in [2.05, 4.69) is 15.9 Å². The summed E-state index contributed by atoms with van der Waals surface area (Å²) in [5.74, 6) is 0. The van der Waals surface area contributed by atoms with Crippen molar-refractivity contribution in [3.63, 3.8) is 0 Å². The van der Waals surface area contributed by atoms with Crippen molar-refractivity contribution in [1.82, 2.24) is 0 Å². The van der Waals surface area contributed by atoms with Gasteiger partial charge in [-0.2, -0.15) is 13.2 Å². The van der Waals surface area contributed by atoms with Crippen molar-refractivity contribution in [3.05, 3.63) is 28.3 Å². The van der Waals surface area contributed by atoms with E-state index in [1.165, 1.54) is 12.1 Å². The summed E-state index contributed by atoms with van der Waals surface area (Å²) in [4.78, 5) is 0. The second-order valence-electron chi connectivity index (χ2n) is 2.63. The highest BCUT2D eigenvalue weighted by molar-refractivity contribution is 9.08. The number of nitrogen functional groups attached to an aromatic ring is 1. The van der Waals surface area contributed by atoms with E-state index in [1.807, 2.05) is 0 Å². The van der Waals surface area contributed by atoms with E-state index in [4.69, 9.17) is 17.3 Å². The highest BCUT2D eigenvalue weighted by atomic mass is 79.9. The second kappa shape index (κ2) is 3.98. The van der Waals surface area contributed by atoms with E-state index in [-0.39, 0.29) is 16.6 Å². The predicted molar refractivity (Wildman–Crippen MR) is 53.5 cm³/mol. The van der Waals surface area contributed by atoms with Gasteiger partial charge in [0.2, 0.25) is 0 Å². The van der Waals surface area contributed by atoms with Crippen molar-refractivity contribution in [1.29, 1.82) is 0 Å². The summed E-state index contributed by atoms with van der Waals surface area (Å²) in [6.07, 6.45) is -4.48. The van der Waals surface area contributed by atoms with Crippen molar-refractivity contribution < 1.29 is 13.2 Å². The monoisotopic (exact) mass is 287 g/mol. The number of rotatable bonds is 1. The van der Waals surface area contributed by atoms with Gasteiger partial charge in [-0.1, -0.05) is 33.6 Å². The van der Waals surface area contributed by atoms with Crippen molar-refractivity contribution in [2.75, 3.05) is 5.73 Å². The molecule has 0 saturated carbocycles. The van der Waals surface area contributed by atoms with Crippen LogP contribution in [0.3, 0.4) is 0 Å². The van der Waals surface area contributed by atoms with Gasteiger partial charge in [0, 0.05) is 5.33 Å². The molecule has 0 atom stereocenters.